The maximum atomic E-state index is 10.9. The van der Waals surface area contributed by atoms with Crippen LogP contribution < -0.4 is 4.90 Å². The number of thiophene rings is 1. The van der Waals surface area contributed by atoms with E-state index in [9.17, 15) is 15.4 Å². The number of nitro benzene ring substituents is 1. The Morgan fingerprint density at radius 1 is 1.43 bits per heavy atom. The van der Waals surface area contributed by atoms with Crippen molar-refractivity contribution in [2.45, 2.75) is 19.1 Å². The summed E-state index contributed by atoms with van der Waals surface area (Å²) in [5, 5.41) is 24.3. The molecule has 2 aromatic rings. The van der Waals surface area contributed by atoms with Crippen molar-refractivity contribution in [1.29, 1.82) is 5.26 Å². The largest absolute Gasteiger partial charge is 0.367 e. The molecular weight excluding hydrogens is 314 g/mol. The van der Waals surface area contributed by atoms with Gasteiger partial charge in [-0.2, -0.15) is 16.6 Å². The first-order valence-electron chi connectivity index (χ1n) is 7.19. The molecule has 2 atom stereocenters. The summed E-state index contributed by atoms with van der Waals surface area (Å²) in [6.07, 6.45) is -0.0536. The number of nitriles is 1. The number of non-ortho nitro benzene ring substituents is 1. The van der Waals surface area contributed by atoms with E-state index in [2.05, 4.69) is 16.3 Å². The lowest BCUT2D eigenvalue weighted by Crippen LogP contribution is -2.43. The summed E-state index contributed by atoms with van der Waals surface area (Å²) in [6.45, 7) is 3.25. The van der Waals surface area contributed by atoms with Gasteiger partial charge in [0, 0.05) is 25.2 Å². The minimum Gasteiger partial charge on any atom is -0.367 e. The minimum atomic E-state index is -0.485. The Balaban J connectivity index is 1.91. The van der Waals surface area contributed by atoms with Crippen molar-refractivity contribution < 1.29 is 9.66 Å². The summed E-state index contributed by atoms with van der Waals surface area (Å²) in [5.74, 6) is 0. The maximum Gasteiger partial charge on any atom is 0.270 e. The molecular formula is C16H15N3O3S. The highest BCUT2D eigenvalue weighted by Gasteiger charge is 2.28. The number of nitrogens with zero attached hydrogens (tertiary/aromatic N) is 3. The van der Waals surface area contributed by atoms with E-state index in [1.807, 2.05) is 18.4 Å². The van der Waals surface area contributed by atoms with Crippen LogP contribution in [0, 0.1) is 21.4 Å². The van der Waals surface area contributed by atoms with E-state index in [0.717, 1.165) is 5.56 Å². The summed E-state index contributed by atoms with van der Waals surface area (Å²) in [5.41, 5.74) is 2.08. The first-order valence-corrected chi connectivity index (χ1v) is 8.14. The van der Waals surface area contributed by atoms with Crippen LogP contribution in [0.15, 0.2) is 35.0 Å². The molecule has 2 unspecified atom stereocenters. The Morgan fingerprint density at radius 2 is 2.26 bits per heavy atom. The first kappa shape index (κ1) is 15.5. The molecule has 1 aliphatic rings. The van der Waals surface area contributed by atoms with Gasteiger partial charge in [-0.25, -0.2) is 0 Å². The molecule has 0 aliphatic carbocycles. The molecule has 1 aliphatic heterocycles. The molecule has 23 heavy (non-hydrogen) atoms. The lowest BCUT2D eigenvalue weighted by Gasteiger charge is -2.38. The van der Waals surface area contributed by atoms with Crippen LogP contribution in [-0.2, 0) is 4.74 Å². The third-order valence-corrected chi connectivity index (χ3v) is 4.53. The predicted molar refractivity (Wildman–Crippen MR) is 87.6 cm³/mol. The zero-order valence-corrected chi connectivity index (χ0v) is 13.3. The second kappa shape index (κ2) is 6.36. The van der Waals surface area contributed by atoms with Crippen molar-refractivity contribution >= 4 is 22.7 Å². The molecule has 0 saturated carbocycles. The number of benzene rings is 1. The van der Waals surface area contributed by atoms with Crippen LogP contribution in [0.25, 0.3) is 0 Å². The van der Waals surface area contributed by atoms with Crippen molar-refractivity contribution in [2.24, 2.45) is 0 Å². The van der Waals surface area contributed by atoms with Gasteiger partial charge in [0.2, 0.25) is 0 Å². The van der Waals surface area contributed by atoms with Crippen LogP contribution in [-0.4, -0.2) is 24.1 Å². The summed E-state index contributed by atoms with van der Waals surface area (Å²) in [6, 6.07) is 8.52. The lowest BCUT2D eigenvalue weighted by molar-refractivity contribution is -0.384. The zero-order valence-electron chi connectivity index (χ0n) is 12.5. The molecule has 0 amide bonds. The Hall–Kier alpha value is -2.43. The molecule has 1 saturated heterocycles. The van der Waals surface area contributed by atoms with Crippen LogP contribution in [0.4, 0.5) is 11.4 Å². The molecule has 2 heterocycles. The van der Waals surface area contributed by atoms with E-state index in [0.29, 0.717) is 24.3 Å². The van der Waals surface area contributed by atoms with E-state index in [4.69, 9.17) is 4.74 Å². The van der Waals surface area contributed by atoms with Crippen LogP contribution in [0.1, 0.15) is 24.2 Å². The average molecular weight is 329 g/mol. The second-order valence-electron chi connectivity index (χ2n) is 5.47. The monoisotopic (exact) mass is 329 g/mol. The highest BCUT2D eigenvalue weighted by atomic mass is 32.1. The van der Waals surface area contributed by atoms with Crippen LogP contribution in [0.3, 0.4) is 0 Å². The van der Waals surface area contributed by atoms with E-state index >= 15 is 0 Å². The quantitative estimate of drug-likeness (QED) is 0.636. The fourth-order valence-electron chi connectivity index (χ4n) is 2.79. The van der Waals surface area contributed by atoms with Crippen molar-refractivity contribution in [1.82, 2.24) is 0 Å². The van der Waals surface area contributed by atoms with E-state index < -0.39 is 4.92 Å². The zero-order chi connectivity index (χ0) is 16.4. The third kappa shape index (κ3) is 3.18. The highest BCUT2D eigenvalue weighted by molar-refractivity contribution is 7.07. The molecule has 0 bridgehead atoms. The number of anilines is 1. The normalized spacial score (nSPS) is 21.0. The Bertz CT molecular complexity index is 754. The van der Waals surface area contributed by atoms with Crippen molar-refractivity contribution in [3.8, 4) is 6.07 Å². The Morgan fingerprint density at radius 3 is 2.91 bits per heavy atom. The average Bonchev–Trinajstić information content (AvgIpc) is 3.08. The summed E-state index contributed by atoms with van der Waals surface area (Å²) in [4.78, 5) is 12.5. The molecule has 1 fully saturated rings. The molecule has 0 spiro atoms. The van der Waals surface area contributed by atoms with Gasteiger partial charge in [-0.15, -0.1) is 0 Å². The summed E-state index contributed by atoms with van der Waals surface area (Å²) in [7, 11) is 0. The van der Waals surface area contributed by atoms with Gasteiger partial charge in [0.1, 0.15) is 12.2 Å². The van der Waals surface area contributed by atoms with Crippen LogP contribution in [0.2, 0.25) is 0 Å². The molecule has 0 N–H and O–H groups in total. The van der Waals surface area contributed by atoms with E-state index in [-0.39, 0.29) is 17.9 Å². The van der Waals surface area contributed by atoms with E-state index in [1.54, 1.807) is 17.4 Å². The number of morpholine rings is 1. The van der Waals surface area contributed by atoms with Crippen molar-refractivity contribution in [3.05, 3.63) is 56.3 Å². The molecule has 6 nitrogen and oxygen atoms in total. The third-order valence-electron chi connectivity index (χ3n) is 3.83. The van der Waals surface area contributed by atoms with Crippen LogP contribution >= 0.6 is 11.3 Å². The summed E-state index contributed by atoms with van der Waals surface area (Å²) < 4.78 is 5.99. The Labute approximate surface area is 137 Å². The van der Waals surface area contributed by atoms with Crippen LogP contribution in [0.5, 0.6) is 0 Å². The van der Waals surface area contributed by atoms with Gasteiger partial charge in [0.25, 0.3) is 5.69 Å². The van der Waals surface area contributed by atoms with Crippen molar-refractivity contribution in [2.75, 3.05) is 18.0 Å². The highest BCUT2D eigenvalue weighted by Crippen LogP contribution is 2.32. The van der Waals surface area contributed by atoms with Gasteiger partial charge < -0.3 is 9.64 Å². The molecule has 3 rings (SSSR count). The molecule has 1 aromatic heterocycles. The van der Waals surface area contributed by atoms with Gasteiger partial charge in [-0.05, 0) is 35.4 Å². The fraction of sp³-hybridized carbons (Fsp3) is 0.312. The topological polar surface area (TPSA) is 79.4 Å². The number of hydrogen-bond acceptors (Lipinski definition) is 6. The number of nitro groups is 1. The number of rotatable bonds is 3. The van der Waals surface area contributed by atoms with Gasteiger partial charge in [-0.3, -0.25) is 10.1 Å². The lowest BCUT2D eigenvalue weighted by atomic mass is 10.1. The first-order chi connectivity index (χ1) is 11.1. The minimum absolute atomic E-state index is 0.00962. The number of ether oxygens (including phenoxy) is 1. The predicted octanol–water partition coefficient (Wildman–Crippen LogP) is 3.49. The fourth-order valence-corrected chi connectivity index (χ4v) is 3.50. The Kier molecular flexibility index (Phi) is 4.28. The van der Waals surface area contributed by atoms with Gasteiger partial charge in [0.05, 0.1) is 22.3 Å². The standard InChI is InChI=1S/C16H15N3O3S/c1-11-8-18(9-16(22-11)12-4-5-23-10-12)15-3-2-14(19(20)21)6-13(15)7-17/h2-6,10-11,16H,8-9H2,1H3. The van der Waals surface area contributed by atoms with Gasteiger partial charge in [-0.1, -0.05) is 0 Å². The SMILES string of the molecule is CC1CN(c2ccc([N+](=O)[O-])cc2C#N)CC(c2ccsc2)O1. The van der Waals surface area contributed by atoms with Gasteiger partial charge >= 0.3 is 0 Å². The molecule has 7 heteroatoms. The maximum absolute atomic E-state index is 10.9. The smallest absolute Gasteiger partial charge is 0.270 e. The number of hydrogen-bond donors (Lipinski definition) is 0. The molecule has 118 valence electrons. The second-order valence-corrected chi connectivity index (χ2v) is 6.25. The van der Waals surface area contributed by atoms with Crippen molar-refractivity contribution in [3.63, 3.8) is 0 Å². The van der Waals surface area contributed by atoms with E-state index in [1.165, 1.54) is 12.1 Å². The van der Waals surface area contributed by atoms with Gasteiger partial charge in [0.15, 0.2) is 0 Å². The summed E-state index contributed by atoms with van der Waals surface area (Å²) >= 11 is 1.62. The molecule has 0 radical (unpaired) electrons. The molecule has 1 aromatic carbocycles.